The molecular weight excluding hydrogens is 278 g/mol. The van der Waals surface area contributed by atoms with Gasteiger partial charge in [-0.3, -0.25) is 14.0 Å². The van der Waals surface area contributed by atoms with Gasteiger partial charge in [0.05, 0.1) is 0 Å². The zero-order chi connectivity index (χ0) is 15.7. The number of rotatable bonds is 2. The van der Waals surface area contributed by atoms with Crippen molar-refractivity contribution in [2.24, 2.45) is 5.92 Å². The quantitative estimate of drug-likeness (QED) is 0.925. The topological polar surface area (TPSA) is 63.5 Å². The van der Waals surface area contributed by atoms with Gasteiger partial charge < -0.3 is 5.32 Å². The average Bonchev–Trinajstić information content (AvgIpc) is 2.50. The van der Waals surface area contributed by atoms with E-state index in [0.717, 1.165) is 24.8 Å². The minimum absolute atomic E-state index is 0.112. The van der Waals surface area contributed by atoms with Crippen molar-refractivity contribution < 1.29 is 4.79 Å². The standard InChI is InChI=1S/C17H21N3O2/c1-11-7-8-15-18-9-13(17(22)20(15)10-11)16(21)19-14-6-4-3-5-12(14)2/h7-10,12,14H,3-6H2,1-2H3,(H,19,21)/t12-,14-/m0/s1. The molecular formula is C17H21N3O2. The van der Waals surface area contributed by atoms with Crippen LogP contribution in [-0.4, -0.2) is 21.3 Å². The Labute approximate surface area is 129 Å². The molecule has 0 bridgehead atoms. The Balaban J connectivity index is 1.91. The minimum atomic E-state index is -0.313. The van der Waals surface area contributed by atoms with Crippen molar-refractivity contribution in [3.8, 4) is 0 Å². The van der Waals surface area contributed by atoms with E-state index in [1.54, 1.807) is 12.3 Å². The molecule has 116 valence electrons. The summed E-state index contributed by atoms with van der Waals surface area (Å²) in [5, 5.41) is 3.01. The lowest BCUT2D eigenvalue weighted by Gasteiger charge is -2.29. The Bertz CT molecular complexity index is 766. The van der Waals surface area contributed by atoms with Gasteiger partial charge in [-0.05, 0) is 37.3 Å². The van der Waals surface area contributed by atoms with Crippen molar-refractivity contribution >= 4 is 11.6 Å². The van der Waals surface area contributed by atoms with E-state index in [1.807, 2.05) is 13.0 Å². The molecule has 0 aliphatic heterocycles. The first-order valence-electron chi connectivity index (χ1n) is 7.85. The molecule has 1 fully saturated rings. The number of hydrogen-bond acceptors (Lipinski definition) is 3. The van der Waals surface area contributed by atoms with Gasteiger partial charge in [-0.2, -0.15) is 0 Å². The largest absolute Gasteiger partial charge is 0.349 e. The van der Waals surface area contributed by atoms with Gasteiger partial charge in [0.25, 0.3) is 11.5 Å². The Hall–Kier alpha value is -2.17. The first-order valence-corrected chi connectivity index (χ1v) is 7.85. The fourth-order valence-corrected chi connectivity index (χ4v) is 3.12. The van der Waals surface area contributed by atoms with E-state index in [1.165, 1.54) is 17.0 Å². The molecule has 0 spiro atoms. The summed E-state index contributed by atoms with van der Waals surface area (Å²) < 4.78 is 1.44. The Morgan fingerprint density at radius 1 is 1.32 bits per heavy atom. The third-order valence-corrected chi connectivity index (χ3v) is 4.52. The molecule has 0 aromatic carbocycles. The summed E-state index contributed by atoms with van der Waals surface area (Å²) >= 11 is 0. The summed E-state index contributed by atoms with van der Waals surface area (Å²) in [6.45, 7) is 4.06. The molecule has 2 atom stereocenters. The Morgan fingerprint density at radius 3 is 2.86 bits per heavy atom. The van der Waals surface area contributed by atoms with Crippen molar-refractivity contribution in [3.05, 3.63) is 46.0 Å². The van der Waals surface area contributed by atoms with Crippen molar-refractivity contribution in [2.75, 3.05) is 0 Å². The highest BCUT2D eigenvalue weighted by Gasteiger charge is 2.24. The van der Waals surface area contributed by atoms with Crippen LogP contribution in [0.2, 0.25) is 0 Å². The van der Waals surface area contributed by atoms with Gasteiger partial charge >= 0.3 is 0 Å². The summed E-state index contributed by atoms with van der Waals surface area (Å²) in [6.07, 6.45) is 7.55. The molecule has 3 rings (SSSR count). The Kier molecular flexibility index (Phi) is 3.96. The lowest BCUT2D eigenvalue weighted by molar-refractivity contribution is 0.0908. The van der Waals surface area contributed by atoms with E-state index < -0.39 is 0 Å². The van der Waals surface area contributed by atoms with Crippen LogP contribution >= 0.6 is 0 Å². The van der Waals surface area contributed by atoms with Gasteiger partial charge in [-0.25, -0.2) is 4.98 Å². The minimum Gasteiger partial charge on any atom is -0.349 e. The highest BCUT2D eigenvalue weighted by Crippen LogP contribution is 2.23. The number of fused-ring (bicyclic) bond motifs is 1. The molecule has 1 aliphatic carbocycles. The molecule has 0 radical (unpaired) electrons. The van der Waals surface area contributed by atoms with E-state index in [4.69, 9.17) is 0 Å². The normalized spacial score (nSPS) is 21.7. The molecule has 1 N–H and O–H groups in total. The van der Waals surface area contributed by atoms with Crippen LogP contribution in [0.3, 0.4) is 0 Å². The second-order valence-electron chi connectivity index (χ2n) is 6.25. The third-order valence-electron chi connectivity index (χ3n) is 4.52. The monoisotopic (exact) mass is 299 g/mol. The predicted octanol–water partition coefficient (Wildman–Crippen LogP) is 2.31. The summed E-state index contributed by atoms with van der Waals surface area (Å²) in [6, 6.07) is 3.83. The van der Waals surface area contributed by atoms with Crippen LogP contribution in [0, 0.1) is 12.8 Å². The first-order chi connectivity index (χ1) is 10.6. The Morgan fingerprint density at radius 2 is 2.09 bits per heavy atom. The number of pyridine rings is 1. The highest BCUT2D eigenvalue weighted by atomic mass is 16.2. The van der Waals surface area contributed by atoms with Crippen molar-refractivity contribution in [2.45, 2.75) is 45.6 Å². The van der Waals surface area contributed by atoms with Gasteiger partial charge in [-0.1, -0.05) is 25.8 Å². The number of aromatic nitrogens is 2. The molecule has 1 amide bonds. The predicted molar refractivity (Wildman–Crippen MR) is 85.1 cm³/mol. The third kappa shape index (κ3) is 2.75. The fraction of sp³-hybridized carbons (Fsp3) is 0.471. The lowest BCUT2D eigenvalue weighted by Crippen LogP contribution is -2.43. The average molecular weight is 299 g/mol. The maximum atomic E-state index is 12.5. The van der Waals surface area contributed by atoms with E-state index >= 15 is 0 Å². The van der Waals surface area contributed by atoms with Crippen LogP contribution < -0.4 is 10.9 Å². The van der Waals surface area contributed by atoms with Gasteiger partial charge in [0.2, 0.25) is 0 Å². The van der Waals surface area contributed by atoms with Crippen LogP contribution in [0.1, 0.15) is 48.5 Å². The second kappa shape index (κ2) is 5.91. The van der Waals surface area contributed by atoms with Gasteiger partial charge in [0.1, 0.15) is 11.2 Å². The van der Waals surface area contributed by atoms with Crippen LogP contribution in [0.5, 0.6) is 0 Å². The van der Waals surface area contributed by atoms with E-state index in [2.05, 4.69) is 17.2 Å². The van der Waals surface area contributed by atoms with Crippen LogP contribution in [0.4, 0.5) is 0 Å². The summed E-state index contributed by atoms with van der Waals surface area (Å²) in [4.78, 5) is 29.2. The van der Waals surface area contributed by atoms with Crippen LogP contribution in [0.25, 0.3) is 5.65 Å². The zero-order valence-corrected chi connectivity index (χ0v) is 13.0. The van der Waals surface area contributed by atoms with Gasteiger partial charge in [0, 0.05) is 18.4 Å². The number of aryl methyl sites for hydroxylation is 1. The van der Waals surface area contributed by atoms with Crippen molar-refractivity contribution in [3.63, 3.8) is 0 Å². The summed E-state index contributed by atoms with van der Waals surface area (Å²) in [5.74, 6) is 0.142. The first kappa shape index (κ1) is 14.8. The van der Waals surface area contributed by atoms with E-state index in [9.17, 15) is 9.59 Å². The number of nitrogens with one attached hydrogen (secondary N) is 1. The van der Waals surface area contributed by atoms with E-state index in [0.29, 0.717) is 11.6 Å². The lowest BCUT2D eigenvalue weighted by atomic mass is 9.86. The highest BCUT2D eigenvalue weighted by molar-refractivity contribution is 5.93. The second-order valence-corrected chi connectivity index (χ2v) is 6.25. The summed E-state index contributed by atoms with van der Waals surface area (Å²) in [5.41, 5.74) is 1.31. The molecule has 2 heterocycles. The molecule has 0 unspecified atom stereocenters. The molecule has 5 heteroatoms. The van der Waals surface area contributed by atoms with Gasteiger partial charge in [-0.15, -0.1) is 0 Å². The van der Waals surface area contributed by atoms with Crippen LogP contribution in [0.15, 0.2) is 29.3 Å². The number of carbonyl (C=O) groups excluding carboxylic acids is 1. The smallest absolute Gasteiger partial charge is 0.270 e. The zero-order valence-electron chi connectivity index (χ0n) is 13.0. The van der Waals surface area contributed by atoms with Crippen molar-refractivity contribution in [1.29, 1.82) is 0 Å². The van der Waals surface area contributed by atoms with Gasteiger partial charge in [0.15, 0.2) is 0 Å². The molecule has 5 nitrogen and oxygen atoms in total. The number of hydrogen-bond donors (Lipinski definition) is 1. The molecule has 2 aromatic rings. The fourth-order valence-electron chi connectivity index (χ4n) is 3.12. The number of nitrogens with zero attached hydrogens (tertiary/aromatic N) is 2. The SMILES string of the molecule is Cc1ccc2ncc(C(=O)N[C@H]3CCCC[C@@H]3C)c(=O)n2c1. The summed E-state index contributed by atoms with van der Waals surface area (Å²) in [7, 11) is 0. The maximum Gasteiger partial charge on any atom is 0.270 e. The van der Waals surface area contributed by atoms with Crippen molar-refractivity contribution in [1.82, 2.24) is 14.7 Å². The molecule has 22 heavy (non-hydrogen) atoms. The van der Waals surface area contributed by atoms with Crippen LogP contribution in [-0.2, 0) is 0 Å². The number of carbonyl (C=O) groups is 1. The molecule has 2 aromatic heterocycles. The maximum absolute atomic E-state index is 12.5. The molecule has 1 saturated carbocycles. The van der Waals surface area contributed by atoms with E-state index in [-0.39, 0.29) is 23.1 Å². The molecule has 1 aliphatic rings. The number of amides is 1. The molecule has 0 saturated heterocycles.